The zero-order valence-electron chi connectivity index (χ0n) is 26.8. The molecular formula is C37H36N6O6. The molecule has 49 heavy (non-hydrogen) atoms. The van der Waals surface area contributed by atoms with Crippen molar-refractivity contribution in [2.45, 2.75) is 37.3 Å². The van der Waals surface area contributed by atoms with Crippen LogP contribution in [-0.4, -0.2) is 88.7 Å². The van der Waals surface area contributed by atoms with Gasteiger partial charge in [-0.15, -0.1) is 0 Å². The summed E-state index contributed by atoms with van der Waals surface area (Å²) in [4.78, 5) is 64.4. The van der Waals surface area contributed by atoms with Gasteiger partial charge in [0.15, 0.2) is 5.65 Å². The Morgan fingerprint density at radius 2 is 1.57 bits per heavy atom. The van der Waals surface area contributed by atoms with Crippen molar-refractivity contribution in [3.63, 3.8) is 0 Å². The van der Waals surface area contributed by atoms with E-state index in [4.69, 9.17) is 0 Å². The third-order valence-corrected chi connectivity index (χ3v) is 9.85. The van der Waals surface area contributed by atoms with Crippen LogP contribution >= 0.6 is 0 Å². The lowest BCUT2D eigenvalue weighted by Crippen LogP contribution is -2.53. The molecule has 2 saturated heterocycles. The summed E-state index contributed by atoms with van der Waals surface area (Å²) in [5.41, 5.74) is 1.08. The molecule has 0 radical (unpaired) electrons. The highest BCUT2D eigenvalue weighted by Gasteiger charge is 2.42. The number of nitrogens with zero attached hydrogens (tertiary/aromatic N) is 6. The van der Waals surface area contributed by atoms with Gasteiger partial charge in [0.1, 0.15) is 6.33 Å². The van der Waals surface area contributed by atoms with Crippen LogP contribution in [0.1, 0.15) is 51.5 Å². The molecule has 12 nitrogen and oxygen atoms in total. The number of aromatic carboxylic acids is 1. The molecule has 2 fully saturated rings. The average molecular weight is 661 g/mol. The highest BCUT2D eigenvalue weighted by Crippen LogP contribution is 2.36. The topological polar surface area (TPSA) is 151 Å². The summed E-state index contributed by atoms with van der Waals surface area (Å²) < 4.78 is 3.31. The second-order valence-corrected chi connectivity index (χ2v) is 12.9. The summed E-state index contributed by atoms with van der Waals surface area (Å²) in [6.07, 6.45) is 6.89. The van der Waals surface area contributed by atoms with Crippen LogP contribution in [0.2, 0.25) is 0 Å². The molecule has 7 rings (SSSR count). The van der Waals surface area contributed by atoms with Crippen LogP contribution in [-0.2, 0) is 11.3 Å². The molecule has 5 heterocycles. The molecule has 0 bridgehead atoms. The predicted molar refractivity (Wildman–Crippen MR) is 180 cm³/mol. The number of pyridine rings is 1. The molecule has 0 unspecified atom stereocenters. The quantitative estimate of drug-likeness (QED) is 0.269. The van der Waals surface area contributed by atoms with Gasteiger partial charge in [-0.1, -0.05) is 48.5 Å². The van der Waals surface area contributed by atoms with Gasteiger partial charge in [-0.25, -0.2) is 9.78 Å². The number of likely N-dealkylation sites (tertiary alicyclic amines) is 2. The van der Waals surface area contributed by atoms with Crippen molar-refractivity contribution in [2.75, 3.05) is 26.2 Å². The number of carboxylic acids is 1. The molecule has 2 aliphatic heterocycles. The second-order valence-electron chi connectivity index (χ2n) is 12.9. The van der Waals surface area contributed by atoms with Crippen molar-refractivity contribution >= 4 is 28.8 Å². The maximum atomic E-state index is 14.1. The number of carbonyl (C=O) groups is 3. The van der Waals surface area contributed by atoms with Gasteiger partial charge in [-0.05, 0) is 49.1 Å². The molecule has 0 spiro atoms. The molecule has 2 N–H and O–H groups in total. The third-order valence-electron chi connectivity index (χ3n) is 9.85. The lowest BCUT2D eigenvalue weighted by molar-refractivity contribution is -0.142. The lowest BCUT2D eigenvalue weighted by atomic mass is 9.79. The highest BCUT2D eigenvalue weighted by molar-refractivity contribution is 5.97. The molecule has 250 valence electrons. The SMILES string of the molecule is O=C(O)c1cncc(C(=O)N2CC[C@@H](C(=O)N3CCC(O)(Cn4cnc5c(ccn5-c5ccccc5)c4=O)CC3)[C@H](c3ccccc3)C2)c1. The zero-order chi connectivity index (χ0) is 34.1. The average Bonchev–Trinajstić information content (AvgIpc) is 3.58. The maximum Gasteiger partial charge on any atom is 0.337 e. The van der Waals surface area contributed by atoms with E-state index in [1.165, 1.54) is 29.4 Å². The van der Waals surface area contributed by atoms with Crippen LogP contribution in [0.4, 0.5) is 0 Å². The van der Waals surface area contributed by atoms with Crippen molar-refractivity contribution in [1.82, 2.24) is 28.9 Å². The standard InChI is InChI=1S/C37H36N6O6/c44-33(26-19-27(36(47)48)21-38-20-26)41-15-11-29(31(22-41)25-7-3-1-4-8-25)34(45)40-17-13-37(49,14-18-40)23-42-24-39-32-30(35(42)46)12-16-43(32)28-9-5-2-6-10-28/h1-10,12,16,19-21,24,29,31,49H,11,13-15,17-18,22-23H2,(H,47,48)/t29-,31+/m1/s1. The first-order valence-electron chi connectivity index (χ1n) is 16.4. The van der Waals surface area contributed by atoms with E-state index < -0.39 is 11.6 Å². The number of rotatable bonds is 7. The van der Waals surface area contributed by atoms with E-state index in [1.54, 1.807) is 15.9 Å². The first kappa shape index (κ1) is 32.0. The zero-order valence-corrected chi connectivity index (χ0v) is 26.8. The molecule has 2 amide bonds. The number of aliphatic hydroxyl groups is 1. The number of benzene rings is 2. The van der Waals surface area contributed by atoms with Gasteiger partial charge in [0, 0.05) is 62.3 Å². The lowest BCUT2D eigenvalue weighted by Gasteiger charge is -2.43. The first-order valence-corrected chi connectivity index (χ1v) is 16.4. The summed E-state index contributed by atoms with van der Waals surface area (Å²) in [6.45, 7) is 1.35. The minimum Gasteiger partial charge on any atom is -0.478 e. The molecule has 3 aromatic heterocycles. The van der Waals surface area contributed by atoms with Crippen LogP contribution in [0.25, 0.3) is 16.7 Å². The highest BCUT2D eigenvalue weighted by atomic mass is 16.4. The van der Waals surface area contributed by atoms with Gasteiger partial charge in [0.05, 0.1) is 28.7 Å². The van der Waals surface area contributed by atoms with Gasteiger partial charge >= 0.3 is 5.97 Å². The Labute approximate surface area is 281 Å². The van der Waals surface area contributed by atoms with E-state index in [0.717, 1.165) is 11.3 Å². The van der Waals surface area contributed by atoms with Crippen molar-refractivity contribution in [2.24, 2.45) is 5.92 Å². The third kappa shape index (κ3) is 6.34. The summed E-state index contributed by atoms with van der Waals surface area (Å²) >= 11 is 0. The number of piperidine rings is 2. The number of fused-ring (bicyclic) bond motifs is 1. The molecule has 12 heteroatoms. The number of carbonyl (C=O) groups excluding carboxylic acids is 2. The molecule has 2 aliphatic rings. The monoisotopic (exact) mass is 660 g/mol. The summed E-state index contributed by atoms with van der Waals surface area (Å²) in [6, 6.07) is 22.3. The van der Waals surface area contributed by atoms with Crippen molar-refractivity contribution in [3.05, 3.63) is 125 Å². The van der Waals surface area contributed by atoms with E-state index in [-0.39, 0.29) is 46.9 Å². The largest absolute Gasteiger partial charge is 0.478 e. The van der Waals surface area contributed by atoms with Crippen molar-refractivity contribution in [3.8, 4) is 5.69 Å². The van der Waals surface area contributed by atoms with Gasteiger partial charge < -0.3 is 24.6 Å². The van der Waals surface area contributed by atoms with Crippen molar-refractivity contribution in [1.29, 1.82) is 0 Å². The molecule has 5 aromatic rings. The predicted octanol–water partition coefficient (Wildman–Crippen LogP) is 3.58. The Balaban J connectivity index is 1.04. The van der Waals surface area contributed by atoms with Crippen LogP contribution in [0.5, 0.6) is 0 Å². The first-order chi connectivity index (χ1) is 23.7. The summed E-state index contributed by atoms with van der Waals surface area (Å²) in [5, 5.41) is 21.4. The Morgan fingerprint density at radius 1 is 0.878 bits per heavy atom. The number of hydrogen-bond acceptors (Lipinski definition) is 7. The minimum absolute atomic E-state index is 0.0277. The van der Waals surface area contributed by atoms with E-state index in [9.17, 15) is 29.4 Å². The smallest absolute Gasteiger partial charge is 0.337 e. The molecular weight excluding hydrogens is 624 g/mol. The fourth-order valence-corrected chi connectivity index (χ4v) is 7.14. The Morgan fingerprint density at radius 3 is 2.29 bits per heavy atom. The van der Waals surface area contributed by atoms with E-state index >= 15 is 0 Å². The summed E-state index contributed by atoms with van der Waals surface area (Å²) in [7, 11) is 0. The fraction of sp³-hybridized carbons (Fsp3) is 0.297. The number of hydrogen-bond donors (Lipinski definition) is 2. The molecule has 0 aliphatic carbocycles. The maximum absolute atomic E-state index is 14.1. The normalized spacial score (nSPS) is 19.1. The molecule has 0 saturated carbocycles. The van der Waals surface area contributed by atoms with Crippen LogP contribution in [0.3, 0.4) is 0 Å². The van der Waals surface area contributed by atoms with E-state index in [1.807, 2.05) is 71.4 Å². The minimum atomic E-state index is -1.19. The van der Waals surface area contributed by atoms with Gasteiger partial charge in [0.2, 0.25) is 5.91 Å². The van der Waals surface area contributed by atoms with Crippen molar-refractivity contribution < 1.29 is 24.6 Å². The second kappa shape index (κ2) is 13.1. The Hall–Kier alpha value is -5.62. The number of amides is 2. The van der Waals surface area contributed by atoms with Crippen LogP contribution < -0.4 is 5.56 Å². The fourth-order valence-electron chi connectivity index (χ4n) is 7.14. The van der Waals surface area contributed by atoms with E-state index in [0.29, 0.717) is 56.5 Å². The number of aromatic nitrogens is 4. The number of para-hydroxylation sites is 1. The molecule has 2 atom stereocenters. The van der Waals surface area contributed by atoms with Crippen LogP contribution in [0.15, 0.2) is 103 Å². The molecule has 2 aromatic carbocycles. The Kier molecular flexibility index (Phi) is 8.55. The van der Waals surface area contributed by atoms with E-state index in [2.05, 4.69) is 9.97 Å². The van der Waals surface area contributed by atoms with Gasteiger partial charge in [0.25, 0.3) is 11.5 Å². The summed E-state index contributed by atoms with van der Waals surface area (Å²) in [5.74, 6) is -2.18. The Bertz CT molecular complexity index is 2070. The number of carboxylic acid groups (broad SMARTS) is 1. The van der Waals surface area contributed by atoms with Gasteiger partial charge in [-0.2, -0.15) is 0 Å². The van der Waals surface area contributed by atoms with Gasteiger partial charge in [-0.3, -0.25) is 23.9 Å². The van der Waals surface area contributed by atoms with Crippen LogP contribution in [0, 0.1) is 5.92 Å².